The maximum atomic E-state index is 5.95. The number of nitrogen functional groups attached to an aromatic ring is 1. The monoisotopic (exact) mass is 251 g/mol. The first kappa shape index (κ1) is 14.6. The highest BCUT2D eigenvalue weighted by Crippen LogP contribution is 2.24. The molecular weight excluding hydrogens is 226 g/mol. The fourth-order valence-electron chi connectivity index (χ4n) is 1.82. The molecule has 0 heterocycles. The predicted molar refractivity (Wildman–Crippen MR) is 78.3 cm³/mol. The van der Waals surface area contributed by atoms with Crippen LogP contribution < -0.4 is 15.8 Å². The zero-order chi connectivity index (χ0) is 13.4. The maximum absolute atomic E-state index is 5.95. The Hall–Kier alpha value is -1.42. The number of likely N-dealkylation sites (N-methyl/N-ethyl adjacent to an activating group) is 1. The van der Waals surface area contributed by atoms with E-state index in [0.29, 0.717) is 12.3 Å². The molecule has 0 unspecified atom stereocenters. The minimum absolute atomic E-state index is 0.673. The molecular formula is C14H25N3O. The van der Waals surface area contributed by atoms with Gasteiger partial charge in [-0.3, -0.25) is 0 Å². The first-order chi connectivity index (χ1) is 8.71. The van der Waals surface area contributed by atoms with Gasteiger partial charge in [0.25, 0.3) is 0 Å². The average molecular weight is 251 g/mol. The number of rotatable bonds is 8. The van der Waals surface area contributed by atoms with E-state index < -0.39 is 0 Å². The molecule has 1 aromatic rings. The number of benzene rings is 1. The van der Waals surface area contributed by atoms with Gasteiger partial charge in [0.05, 0.1) is 5.69 Å². The lowest BCUT2D eigenvalue weighted by Gasteiger charge is -2.18. The van der Waals surface area contributed by atoms with Gasteiger partial charge in [-0.05, 0) is 38.2 Å². The lowest BCUT2D eigenvalue weighted by molar-refractivity contribution is 0.223. The number of ether oxygens (including phenoxy) is 1. The Morgan fingerprint density at radius 2 is 1.94 bits per heavy atom. The molecule has 0 saturated heterocycles. The van der Waals surface area contributed by atoms with E-state index in [1.807, 2.05) is 18.2 Å². The van der Waals surface area contributed by atoms with Crippen LogP contribution in [-0.2, 0) is 0 Å². The molecule has 0 aliphatic rings. The Kier molecular flexibility index (Phi) is 6.36. The van der Waals surface area contributed by atoms with E-state index in [1.165, 1.54) is 0 Å². The molecule has 0 aliphatic heterocycles. The largest absolute Gasteiger partial charge is 0.490 e. The van der Waals surface area contributed by atoms with Gasteiger partial charge in [0.2, 0.25) is 0 Å². The Bertz CT molecular complexity index is 351. The van der Waals surface area contributed by atoms with Gasteiger partial charge in [-0.25, -0.2) is 0 Å². The summed E-state index contributed by atoms with van der Waals surface area (Å²) in [4.78, 5) is 2.32. The van der Waals surface area contributed by atoms with E-state index in [1.54, 1.807) is 0 Å². The van der Waals surface area contributed by atoms with Gasteiger partial charge in [0.15, 0.2) is 0 Å². The first-order valence-corrected chi connectivity index (χ1v) is 6.69. The molecule has 102 valence electrons. The molecule has 0 aromatic heterocycles. The van der Waals surface area contributed by atoms with Crippen molar-refractivity contribution in [3.8, 4) is 5.75 Å². The van der Waals surface area contributed by atoms with E-state index >= 15 is 0 Å². The predicted octanol–water partition coefficient (Wildman–Crippen LogP) is 2.42. The van der Waals surface area contributed by atoms with Crippen molar-refractivity contribution in [3.05, 3.63) is 18.2 Å². The minimum atomic E-state index is 0.673. The summed E-state index contributed by atoms with van der Waals surface area (Å²) < 4.78 is 5.71. The van der Waals surface area contributed by atoms with Crippen molar-refractivity contribution in [2.45, 2.75) is 20.8 Å². The van der Waals surface area contributed by atoms with Crippen LogP contribution in [0.1, 0.15) is 20.8 Å². The van der Waals surface area contributed by atoms with Crippen molar-refractivity contribution in [3.63, 3.8) is 0 Å². The van der Waals surface area contributed by atoms with Crippen molar-refractivity contribution >= 4 is 11.4 Å². The van der Waals surface area contributed by atoms with Crippen LogP contribution in [0.25, 0.3) is 0 Å². The third-order valence-electron chi connectivity index (χ3n) is 2.95. The number of nitrogens with one attached hydrogen (secondary N) is 1. The summed E-state index contributed by atoms with van der Waals surface area (Å²) in [6.45, 7) is 11.0. The van der Waals surface area contributed by atoms with E-state index in [2.05, 4.69) is 31.0 Å². The van der Waals surface area contributed by atoms with Crippen LogP contribution in [0.4, 0.5) is 11.4 Å². The fraction of sp³-hybridized carbons (Fsp3) is 0.571. The number of anilines is 2. The smallest absolute Gasteiger partial charge is 0.142 e. The number of hydrogen-bond donors (Lipinski definition) is 2. The van der Waals surface area contributed by atoms with Crippen LogP contribution in [0.15, 0.2) is 18.2 Å². The van der Waals surface area contributed by atoms with E-state index in [9.17, 15) is 0 Å². The van der Waals surface area contributed by atoms with Crippen LogP contribution >= 0.6 is 0 Å². The SMILES string of the molecule is CCNc1ccc(OCCN(CC)CC)c(N)c1. The lowest BCUT2D eigenvalue weighted by atomic mass is 10.2. The zero-order valence-electron chi connectivity index (χ0n) is 11.7. The maximum Gasteiger partial charge on any atom is 0.142 e. The Labute approximate surface area is 110 Å². The lowest BCUT2D eigenvalue weighted by Crippen LogP contribution is -2.28. The molecule has 0 atom stereocenters. The van der Waals surface area contributed by atoms with Gasteiger partial charge in [-0.15, -0.1) is 0 Å². The standard InChI is InChI=1S/C14H25N3O/c1-4-16-12-7-8-14(13(15)11-12)18-10-9-17(5-2)6-3/h7-8,11,16H,4-6,9-10,15H2,1-3H3. The second-order valence-corrected chi connectivity index (χ2v) is 4.16. The summed E-state index contributed by atoms with van der Waals surface area (Å²) in [5, 5.41) is 3.22. The third kappa shape index (κ3) is 4.45. The normalized spacial score (nSPS) is 10.7. The number of nitrogens with two attached hydrogens (primary N) is 1. The highest BCUT2D eigenvalue weighted by atomic mass is 16.5. The van der Waals surface area contributed by atoms with E-state index in [-0.39, 0.29) is 0 Å². The second kappa shape index (κ2) is 7.82. The topological polar surface area (TPSA) is 50.5 Å². The van der Waals surface area contributed by atoms with Gasteiger partial charge in [0.1, 0.15) is 12.4 Å². The van der Waals surface area contributed by atoms with Crippen LogP contribution in [0, 0.1) is 0 Å². The van der Waals surface area contributed by atoms with Gasteiger partial charge < -0.3 is 20.7 Å². The van der Waals surface area contributed by atoms with Crippen molar-refractivity contribution < 1.29 is 4.74 Å². The van der Waals surface area contributed by atoms with Crippen LogP contribution in [0.5, 0.6) is 5.75 Å². The summed E-state index contributed by atoms with van der Waals surface area (Å²) in [6, 6.07) is 5.83. The van der Waals surface area contributed by atoms with Crippen LogP contribution in [0.2, 0.25) is 0 Å². The molecule has 3 N–H and O–H groups in total. The van der Waals surface area contributed by atoms with Crippen molar-refractivity contribution in [2.24, 2.45) is 0 Å². The highest BCUT2D eigenvalue weighted by molar-refractivity contribution is 5.62. The summed E-state index contributed by atoms with van der Waals surface area (Å²) >= 11 is 0. The van der Waals surface area contributed by atoms with Gasteiger partial charge in [0, 0.05) is 18.8 Å². The molecule has 4 heteroatoms. The molecule has 1 aromatic carbocycles. The van der Waals surface area contributed by atoms with Crippen molar-refractivity contribution in [2.75, 3.05) is 43.8 Å². The Balaban J connectivity index is 2.47. The minimum Gasteiger partial charge on any atom is -0.490 e. The summed E-state index contributed by atoms with van der Waals surface area (Å²) in [5.41, 5.74) is 7.68. The Morgan fingerprint density at radius 3 is 2.50 bits per heavy atom. The van der Waals surface area contributed by atoms with E-state index in [0.717, 1.165) is 37.6 Å². The van der Waals surface area contributed by atoms with Gasteiger partial charge >= 0.3 is 0 Å². The molecule has 4 nitrogen and oxygen atoms in total. The summed E-state index contributed by atoms with van der Waals surface area (Å²) in [6.07, 6.45) is 0. The van der Waals surface area contributed by atoms with E-state index in [4.69, 9.17) is 10.5 Å². The molecule has 0 bridgehead atoms. The molecule has 0 fully saturated rings. The molecule has 0 aliphatic carbocycles. The quantitative estimate of drug-likeness (QED) is 0.697. The first-order valence-electron chi connectivity index (χ1n) is 6.69. The van der Waals surface area contributed by atoms with Crippen molar-refractivity contribution in [1.29, 1.82) is 0 Å². The third-order valence-corrected chi connectivity index (χ3v) is 2.95. The van der Waals surface area contributed by atoms with Crippen molar-refractivity contribution in [1.82, 2.24) is 4.90 Å². The fourth-order valence-corrected chi connectivity index (χ4v) is 1.82. The summed E-state index contributed by atoms with van der Waals surface area (Å²) in [5.74, 6) is 0.767. The molecule has 0 amide bonds. The number of nitrogens with zero attached hydrogens (tertiary/aromatic N) is 1. The number of hydrogen-bond acceptors (Lipinski definition) is 4. The van der Waals surface area contributed by atoms with Gasteiger partial charge in [-0.1, -0.05) is 13.8 Å². The molecule has 0 spiro atoms. The zero-order valence-corrected chi connectivity index (χ0v) is 11.7. The molecule has 0 saturated carbocycles. The second-order valence-electron chi connectivity index (χ2n) is 4.16. The van der Waals surface area contributed by atoms with Crippen LogP contribution in [0.3, 0.4) is 0 Å². The molecule has 18 heavy (non-hydrogen) atoms. The molecule has 0 radical (unpaired) electrons. The van der Waals surface area contributed by atoms with Crippen LogP contribution in [-0.4, -0.2) is 37.7 Å². The van der Waals surface area contributed by atoms with Gasteiger partial charge in [-0.2, -0.15) is 0 Å². The summed E-state index contributed by atoms with van der Waals surface area (Å²) in [7, 11) is 0. The molecule has 1 rings (SSSR count). The highest BCUT2D eigenvalue weighted by Gasteiger charge is 2.03. The Morgan fingerprint density at radius 1 is 1.22 bits per heavy atom. The average Bonchev–Trinajstić information content (AvgIpc) is 2.37.